The van der Waals surface area contributed by atoms with Crippen LogP contribution in [0.5, 0.6) is 0 Å². The smallest absolute Gasteiger partial charge is 0.407 e. The number of carbonyl (C=O) groups is 4. The summed E-state index contributed by atoms with van der Waals surface area (Å²) in [7, 11) is 2.93. The van der Waals surface area contributed by atoms with Crippen LogP contribution < -0.4 is 10.6 Å². The van der Waals surface area contributed by atoms with Gasteiger partial charge in [0.2, 0.25) is 11.8 Å². The van der Waals surface area contributed by atoms with Crippen LogP contribution in [-0.2, 0) is 19.1 Å². The van der Waals surface area contributed by atoms with Gasteiger partial charge in [-0.1, -0.05) is 48.5 Å². The molecular formula is C24H27N3O6. The normalized spacial score (nSPS) is 12.8. The van der Waals surface area contributed by atoms with E-state index in [-0.39, 0.29) is 31.4 Å². The highest BCUT2D eigenvalue weighted by Gasteiger charge is 2.31. The lowest BCUT2D eigenvalue weighted by Gasteiger charge is -2.23. The van der Waals surface area contributed by atoms with Crippen LogP contribution >= 0.6 is 0 Å². The lowest BCUT2D eigenvalue weighted by molar-refractivity contribution is -0.142. The molecule has 0 saturated heterocycles. The molecule has 0 spiro atoms. The van der Waals surface area contributed by atoms with Crippen molar-refractivity contribution in [2.24, 2.45) is 0 Å². The predicted molar refractivity (Wildman–Crippen MR) is 121 cm³/mol. The molecule has 0 fully saturated rings. The fourth-order valence-electron chi connectivity index (χ4n) is 3.93. The van der Waals surface area contributed by atoms with Gasteiger partial charge in [0.05, 0.1) is 6.42 Å². The van der Waals surface area contributed by atoms with Gasteiger partial charge in [0, 0.05) is 33.0 Å². The number of ether oxygens (including phenoxy) is 1. The Balaban J connectivity index is 1.64. The van der Waals surface area contributed by atoms with E-state index in [1.54, 1.807) is 0 Å². The number of benzene rings is 2. The molecule has 1 aliphatic carbocycles. The number of hydrogen-bond acceptors (Lipinski definition) is 5. The van der Waals surface area contributed by atoms with E-state index in [2.05, 4.69) is 10.6 Å². The van der Waals surface area contributed by atoms with Gasteiger partial charge in [0.25, 0.3) is 0 Å². The van der Waals surface area contributed by atoms with Gasteiger partial charge in [-0.05, 0) is 22.3 Å². The maximum atomic E-state index is 12.7. The lowest BCUT2D eigenvalue weighted by atomic mass is 9.98. The van der Waals surface area contributed by atoms with Crippen molar-refractivity contribution in [1.82, 2.24) is 15.5 Å². The Morgan fingerprint density at radius 1 is 1.03 bits per heavy atom. The van der Waals surface area contributed by atoms with Gasteiger partial charge >= 0.3 is 12.1 Å². The standard InChI is InChI=1S/C24H27N3O6/c1-25-21(28)11-12-27(2)23(31)20(13-22(29)30)26-24(32)33-14-19-17-9-5-3-7-15(17)16-8-4-6-10-18(16)19/h3-10,19-20H,11-14H2,1-2H3,(H,25,28)(H,26,32)(H,29,30). The predicted octanol–water partition coefficient (Wildman–Crippen LogP) is 1.96. The second-order valence-corrected chi connectivity index (χ2v) is 7.80. The number of likely N-dealkylation sites (N-methyl/N-ethyl adjacent to an activating group) is 1. The Hall–Kier alpha value is -3.88. The SMILES string of the molecule is CNC(=O)CCN(C)C(=O)C(CC(=O)O)NC(=O)OCC1c2ccccc2-c2ccccc21. The number of amides is 3. The first-order chi connectivity index (χ1) is 15.8. The van der Waals surface area contributed by atoms with Crippen LogP contribution in [0.25, 0.3) is 11.1 Å². The van der Waals surface area contributed by atoms with Crippen molar-refractivity contribution in [2.75, 3.05) is 27.2 Å². The van der Waals surface area contributed by atoms with Crippen molar-refractivity contribution < 1.29 is 29.0 Å². The maximum Gasteiger partial charge on any atom is 0.407 e. The maximum absolute atomic E-state index is 12.7. The summed E-state index contributed by atoms with van der Waals surface area (Å²) < 4.78 is 5.42. The zero-order chi connectivity index (χ0) is 24.0. The van der Waals surface area contributed by atoms with Gasteiger partial charge in [0.1, 0.15) is 12.6 Å². The number of nitrogens with one attached hydrogen (secondary N) is 2. The number of carbonyl (C=O) groups excluding carboxylic acids is 3. The highest BCUT2D eigenvalue weighted by molar-refractivity contribution is 5.89. The minimum absolute atomic E-state index is 0.0420. The Morgan fingerprint density at radius 2 is 1.61 bits per heavy atom. The van der Waals surface area contributed by atoms with Gasteiger partial charge in [-0.2, -0.15) is 0 Å². The molecule has 3 N–H and O–H groups in total. The van der Waals surface area contributed by atoms with Crippen molar-refractivity contribution >= 4 is 23.9 Å². The van der Waals surface area contributed by atoms with Crippen LogP contribution in [0.3, 0.4) is 0 Å². The van der Waals surface area contributed by atoms with E-state index >= 15 is 0 Å². The third-order valence-corrected chi connectivity index (χ3v) is 5.64. The lowest BCUT2D eigenvalue weighted by Crippen LogP contribution is -2.49. The number of hydrogen-bond donors (Lipinski definition) is 3. The zero-order valence-corrected chi connectivity index (χ0v) is 18.5. The number of aliphatic carboxylic acids is 1. The molecule has 2 aromatic carbocycles. The fraction of sp³-hybridized carbons (Fsp3) is 0.333. The summed E-state index contributed by atoms with van der Waals surface area (Å²) in [5, 5.41) is 14.0. The molecule has 0 bridgehead atoms. The zero-order valence-electron chi connectivity index (χ0n) is 18.5. The largest absolute Gasteiger partial charge is 0.481 e. The minimum atomic E-state index is -1.31. The molecule has 0 heterocycles. The molecular weight excluding hydrogens is 426 g/mol. The summed E-state index contributed by atoms with van der Waals surface area (Å²) in [4.78, 5) is 49.0. The van der Waals surface area contributed by atoms with Crippen molar-refractivity contribution in [3.8, 4) is 11.1 Å². The van der Waals surface area contributed by atoms with Crippen LogP contribution in [0.2, 0.25) is 0 Å². The highest BCUT2D eigenvalue weighted by atomic mass is 16.5. The van der Waals surface area contributed by atoms with Gasteiger partial charge in [-0.15, -0.1) is 0 Å². The van der Waals surface area contributed by atoms with Crippen molar-refractivity contribution in [3.63, 3.8) is 0 Å². The molecule has 1 unspecified atom stereocenters. The van der Waals surface area contributed by atoms with E-state index < -0.39 is 30.4 Å². The first-order valence-corrected chi connectivity index (χ1v) is 10.6. The number of nitrogens with zero attached hydrogens (tertiary/aromatic N) is 1. The third-order valence-electron chi connectivity index (χ3n) is 5.64. The molecule has 3 rings (SSSR count). The molecule has 3 amide bonds. The Morgan fingerprint density at radius 3 is 2.15 bits per heavy atom. The van der Waals surface area contributed by atoms with E-state index in [4.69, 9.17) is 4.74 Å². The van der Waals surface area contributed by atoms with Crippen LogP contribution in [0.15, 0.2) is 48.5 Å². The molecule has 9 heteroatoms. The van der Waals surface area contributed by atoms with Gasteiger partial charge in [-0.3, -0.25) is 14.4 Å². The number of carboxylic acids is 1. The summed E-state index contributed by atoms with van der Waals surface area (Å²) in [6, 6.07) is 14.5. The quantitative estimate of drug-likeness (QED) is 0.533. The van der Waals surface area contributed by atoms with Crippen LogP contribution in [0.4, 0.5) is 4.79 Å². The van der Waals surface area contributed by atoms with Crippen LogP contribution in [0, 0.1) is 0 Å². The van der Waals surface area contributed by atoms with Crippen LogP contribution in [-0.4, -0.2) is 67.2 Å². The number of alkyl carbamates (subject to hydrolysis) is 1. The van der Waals surface area contributed by atoms with E-state index in [1.165, 1.54) is 19.0 Å². The fourth-order valence-corrected chi connectivity index (χ4v) is 3.93. The van der Waals surface area contributed by atoms with E-state index in [1.807, 2.05) is 48.5 Å². The molecule has 9 nitrogen and oxygen atoms in total. The van der Waals surface area contributed by atoms with Gasteiger partial charge in [0.15, 0.2) is 0 Å². The molecule has 33 heavy (non-hydrogen) atoms. The van der Waals surface area contributed by atoms with Gasteiger partial charge in [-0.25, -0.2) is 4.79 Å². The summed E-state index contributed by atoms with van der Waals surface area (Å²) in [6.45, 7) is 0.126. The third kappa shape index (κ3) is 5.68. The second kappa shape index (κ2) is 10.6. The molecule has 1 atom stereocenters. The highest BCUT2D eigenvalue weighted by Crippen LogP contribution is 2.44. The molecule has 2 aromatic rings. The minimum Gasteiger partial charge on any atom is -0.481 e. The Labute approximate surface area is 191 Å². The average Bonchev–Trinajstić information content (AvgIpc) is 3.13. The summed E-state index contributed by atoms with van der Waals surface area (Å²) in [5.74, 6) is -2.28. The van der Waals surface area contributed by atoms with E-state index in [9.17, 15) is 24.3 Å². The summed E-state index contributed by atoms with van der Waals surface area (Å²) >= 11 is 0. The van der Waals surface area contributed by atoms with Crippen molar-refractivity contribution in [3.05, 3.63) is 59.7 Å². The summed E-state index contributed by atoms with van der Waals surface area (Å²) in [6.07, 6.45) is -1.42. The topological polar surface area (TPSA) is 125 Å². The van der Waals surface area contributed by atoms with Gasteiger partial charge < -0.3 is 25.4 Å². The molecule has 0 radical (unpaired) electrons. The molecule has 174 valence electrons. The average molecular weight is 453 g/mol. The summed E-state index contributed by atoms with van der Waals surface area (Å²) in [5.41, 5.74) is 4.25. The Kier molecular flexibility index (Phi) is 7.66. The molecule has 0 aliphatic heterocycles. The van der Waals surface area contributed by atoms with Crippen LogP contribution in [0.1, 0.15) is 29.9 Å². The van der Waals surface area contributed by atoms with Crippen molar-refractivity contribution in [1.29, 1.82) is 0 Å². The monoisotopic (exact) mass is 453 g/mol. The second-order valence-electron chi connectivity index (χ2n) is 7.80. The number of fused-ring (bicyclic) bond motifs is 3. The van der Waals surface area contributed by atoms with Crippen molar-refractivity contribution in [2.45, 2.75) is 24.8 Å². The number of rotatable bonds is 9. The van der Waals surface area contributed by atoms with E-state index in [0.717, 1.165) is 22.3 Å². The number of carboxylic acid groups (broad SMARTS) is 1. The first kappa shape index (κ1) is 23.8. The molecule has 0 aromatic heterocycles. The molecule has 1 aliphatic rings. The first-order valence-electron chi connectivity index (χ1n) is 10.6. The van der Waals surface area contributed by atoms with E-state index in [0.29, 0.717) is 0 Å². The Bertz CT molecular complexity index is 1010. The molecule has 0 saturated carbocycles.